The number of halogens is 4. The van der Waals surface area contributed by atoms with Crippen LogP contribution in [0.4, 0.5) is 24.5 Å². The lowest BCUT2D eigenvalue weighted by molar-refractivity contribution is -0.0785. The maximum atomic E-state index is 14.5. The van der Waals surface area contributed by atoms with Crippen LogP contribution >= 0.6 is 22.6 Å². The van der Waals surface area contributed by atoms with Gasteiger partial charge in [0.1, 0.15) is 5.82 Å². The number of hydrogen-bond acceptors (Lipinski definition) is 3. The van der Waals surface area contributed by atoms with Crippen LogP contribution in [0, 0.1) is 26.9 Å². The summed E-state index contributed by atoms with van der Waals surface area (Å²) in [6.45, 7) is 1.75. The van der Waals surface area contributed by atoms with Crippen molar-refractivity contribution in [1.29, 1.82) is 0 Å². The van der Waals surface area contributed by atoms with Gasteiger partial charge in [-0.05, 0) is 78.2 Å². The van der Waals surface area contributed by atoms with E-state index in [1.807, 2.05) is 22.6 Å². The summed E-state index contributed by atoms with van der Waals surface area (Å²) in [5.74, 6) is -2.85. The zero-order valence-corrected chi connectivity index (χ0v) is 18.2. The molecule has 1 aliphatic carbocycles. The van der Waals surface area contributed by atoms with Crippen LogP contribution in [0.3, 0.4) is 0 Å². The molecule has 2 aromatic carbocycles. The van der Waals surface area contributed by atoms with Gasteiger partial charge < -0.3 is 20.6 Å². The average molecular weight is 532 g/mol. The largest absolute Gasteiger partial charge is 0.437 e. The highest BCUT2D eigenvalue weighted by Crippen LogP contribution is 2.32. The van der Waals surface area contributed by atoms with Gasteiger partial charge in [-0.1, -0.05) is 0 Å². The summed E-state index contributed by atoms with van der Waals surface area (Å²) in [6, 6.07) is 6.33. The molecule has 4 N–H and O–H groups in total. The third-order valence-corrected chi connectivity index (χ3v) is 6.05. The first-order valence-electron chi connectivity index (χ1n) is 9.71. The molecule has 1 saturated carbocycles. The van der Waals surface area contributed by atoms with Gasteiger partial charge in [-0.15, -0.1) is 0 Å². The zero-order chi connectivity index (χ0) is 21.5. The quantitative estimate of drug-likeness (QED) is 0.425. The molecule has 5 nitrogen and oxygen atoms in total. The van der Waals surface area contributed by atoms with Gasteiger partial charge in [0.2, 0.25) is 5.60 Å². The fourth-order valence-corrected chi connectivity index (χ4v) is 3.98. The molecule has 0 unspecified atom stereocenters. The lowest BCUT2D eigenvalue weighted by Crippen LogP contribution is -2.67. The van der Waals surface area contributed by atoms with Gasteiger partial charge in [0.15, 0.2) is 11.6 Å². The van der Waals surface area contributed by atoms with Crippen LogP contribution < -0.4 is 10.6 Å². The maximum absolute atomic E-state index is 14.5. The standard InChI is InChI=1S/C21H21F3IN3O2/c22-15-5-4-14(19(18(15)24)27-17-6-3-13(25)7-16(17)23)20(29)28-10-21(30,11-28)9-26-8-12-1-2-12/h3-7,12,26-27,30H,1-2,8-11H2/p+1. The fourth-order valence-electron chi connectivity index (χ4n) is 3.52. The molecule has 9 heteroatoms. The predicted molar refractivity (Wildman–Crippen MR) is 117 cm³/mol. The first-order valence-corrected chi connectivity index (χ1v) is 10.8. The molecule has 4 rings (SSSR count). The highest BCUT2D eigenvalue weighted by atomic mass is 127. The van der Waals surface area contributed by atoms with E-state index in [1.165, 1.54) is 35.9 Å². The second-order valence-corrected chi connectivity index (χ2v) is 9.29. The number of rotatable bonds is 7. The lowest BCUT2D eigenvalue weighted by atomic mass is 9.92. The Kier molecular flexibility index (Phi) is 5.95. The number of amides is 1. The van der Waals surface area contributed by atoms with Crippen LogP contribution in [-0.4, -0.2) is 47.7 Å². The van der Waals surface area contributed by atoms with Gasteiger partial charge in [0.25, 0.3) is 5.91 Å². The van der Waals surface area contributed by atoms with E-state index in [2.05, 4.69) is 10.6 Å². The molecule has 0 aromatic heterocycles. The summed E-state index contributed by atoms with van der Waals surface area (Å²) in [7, 11) is 0. The fraction of sp³-hybridized carbons (Fsp3) is 0.381. The molecule has 1 aliphatic heterocycles. The van der Waals surface area contributed by atoms with E-state index in [0.29, 0.717) is 16.0 Å². The molecule has 1 saturated heterocycles. The Bertz CT molecular complexity index is 978. The van der Waals surface area contributed by atoms with Crippen LogP contribution in [0.1, 0.15) is 23.2 Å². The molecule has 0 atom stereocenters. The summed E-state index contributed by atoms with van der Waals surface area (Å²) in [5, 5.41) is 14.2. The third-order valence-electron chi connectivity index (χ3n) is 5.38. The molecule has 30 heavy (non-hydrogen) atoms. The molecule has 1 amide bonds. The Morgan fingerprint density at radius 3 is 2.57 bits per heavy atom. The number of anilines is 2. The van der Waals surface area contributed by atoms with Crippen molar-refractivity contribution in [3.05, 3.63) is 56.9 Å². The average Bonchev–Trinajstić information content (AvgIpc) is 3.49. The molecule has 0 radical (unpaired) electrons. The minimum atomic E-state index is -1.25. The Hall–Kier alpha value is -1.85. The molecule has 0 spiro atoms. The Morgan fingerprint density at radius 1 is 1.17 bits per heavy atom. The van der Waals surface area contributed by atoms with E-state index in [0.717, 1.165) is 12.6 Å². The second kappa shape index (κ2) is 8.35. The molecule has 2 aromatic rings. The van der Waals surface area contributed by atoms with Gasteiger partial charge in [0.05, 0.1) is 36.6 Å². The summed E-state index contributed by atoms with van der Waals surface area (Å²) in [5.41, 5.74) is -1.36. The van der Waals surface area contributed by atoms with E-state index in [-0.39, 0.29) is 24.3 Å². The minimum Gasteiger partial charge on any atom is -0.437 e. The number of nitrogens with one attached hydrogen (secondary N) is 2. The molecule has 160 valence electrons. The normalized spacial score (nSPS) is 17.6. The monoisotopic (exact) mass is 532 g/mol. The van der Waals surface area contributed by atoms with Crippen molar-refractivity contribution in [3.63, 3.8) is 0 Å². The number of benzene rings is 2. The Labute approximate surface area is 185 Å². The number of carbonyl (C=O) groups excluding carboxylic acids is 1. The van der Waals surface area contributed by atoms with Crippen molar-refractivity contribution in [3.8, 4) is 0 Å². The smallest absolute Gasteiger partial charge is 0.256 e. The van der Waals surface area contributed by atoms with Crippen molar-refractivity contribution >= 4 is 39.9 Å². The van der Waals surface area contributed by atoms with Crippen molar-refractivity contribution in [2.75, 3.05) is 31.5 Å². The zero-order valence-electron chi connectivity index (χ0n) is 16.1. The topological polar surface area (TPSA) is 67.3 Å². The van der Waals surface area contributed by atoms with Crippen LogP contribution in [-0.2, 0) is 0 Å². The lowest BCUT2D eigenvalue weighted by Gasteiger charge is -2.43. The van der Waals surface area contributed by atoms with E-state index in [9.17, 15) is 18.0 Å². The molecular weight excluding hydrogens is 510 g/mol. The number of likely N-dealkylation sites (tertiary alicyclic amines) is 1. The van der Waals surface area contributed by atoms with Crippen molar-refractivity contribution in [2.45, 2.75) is 18.4 Å². The SMILES string of the molecule is O=C(c1ccc(F)c(F)c1Nc1ccc(I)cc1F)N1CC([OH2+])(CNCC2CC2)C1. The summed E-state index contributed by atoms with van der Waals surface area (Å²) >= 11 is 1.94. The number of hydrogen-bond donors (Lipinski definition) is 2. The van der Waals surface area contributed by atoms with Gasteiger partial charge in [-0.3, -0.25) is 4.79 Å². The first kappa shape index (κ1) is 21.4. The maximum Gasteiger partial charge on any atom is 0.256 e. The van der Waals surface area contributed by atoms with E-state index in [1.54, 1.807) is 6.07 Å². The molecule has 0 bridgehead atoms. The summed E-state index contributed by atoms with van der Waals surface area (Å²) < 4.78 is 43.2. The Balaban J connectivity index is 1.49. The molecule has 2 fully saturated rings. The van der Waals surface area contributed by atoms with Gasteiger partial charge >= 0.3 is 0 Å². The molecule has 2 aliphatic rings. The van der Waals surface area contributed by atoms with E-state index in [4.69, 9.17) is 5.11 Å². The summed E-state index contributed by atoms with van der Waals surface area (Å²) in [4.78, 5) is 14.3. The minimum absolute atomic E-state index is 0.0586. The number of carbonyl (C=O) groups is 1. The first-order chi connectivity index (χ1) is 14.3. The highest BCUT2D eigenvalue weighted by Gasteiger charge is 2.48. The van der Waals surface area contributed by atoms with Crippen LogP contribution in [0.15, 0.2) is 30.3 Å². The van der Waals surface area contributed by atoms with E-state index < -0.39 is 34.6 Å². The third kappa shape index (κ3) is 4.57. The van der Waals surface area contributed by atoms with Gasteiger partial charge in [-0.2, -0.15) is 0 Å². The van der Waals surface area contributed by atoms with Crippen molar-refractivity contribution < 1.29 is 23.1 Å². The van der Waals surface area contributed by atoms with Crippen molar-refractivity contribution in [1.82, 2.24) is 10.2 Å². The van der Waals surface area contributed by atoms with Crippen LogP contribution in [0.2, 0.25) is 0 Å². The molecular formula is C21H22F3IN3O2+. The molecule has 1 heterocycles. The van der Waals surface area contributed by atoms with E-state index >= 15 is 0 Å². The second-order valence-electron chi connectivity index (χ2n) is 8.05. The van der Waals surface area contributed by atoms with Crippen LogP contribution in [0.5, 0.6) is 0 Å². The van der Waals surface area contributed by atoms with Gasteiger partial charge in [-0.25, -0.2) is 13.2 Å². The van der Waals surface area contributed by atoms with Crippen LogP contribution in [0.25, 0.3) is 0 Å². The Morgan fingerprint density at radius 2 is 1.90 bits per heavy atom. The number of nitrogens with zero attached hydrogens (tertiary/aromatic N) is 1. The van der Waals surface area contributed by atoms with Gasteiger partial charge in [0, 0.05) is 3.57 Å². The summed E-state index contributed by atoms with van der Waals surface area (Å²) in [6.07, 6.45) is 2.44. The van der Waals surface area contributed by atoms with Crippen molar-refractivity contribution in [2.24, 2.45) is 5.92 Å². The highest BCUT2D eigenvalue weighted by molar-refractivity contribution is 14.1. The predicted octanol–water partition coefficient (Wildman–Crippen LogP) is 3.37.